The van der Waals surface area contributed by atoms with Gasteiger partial charge in [0.15, 0.2) is 0 Å². The summed E-state index contributed by atoms with van der Waals surface area (Å²) in [6, 6.07) is 14.9. The van der Waals surface area contributed by atoms with Gasteiger partial charge in [0.05, 0.1) is 5.60 Å². The van der Waals surface area contributed by atoms with E-state index in [1.807, 2.05) is 12.1 Å². The van der Waals surface area contributed by atoms with E-state index in [4.69, 9.17) is 4.74 Å². The summed E-state index contributed by atoms with van der Waals surface area (Å²) >= 11 is 0. The number of fused-ring (bicyclic) bond motifs is 1. The van der Waals surface area contributed by atoms with Crippen molar-refractivity contribution in [3.05, 3.63) is 48.0 Å². The summed E-state index contributed by atoms with van der Waals surface area (Å²) in [6.45, 7) is 4.82. The second-order valence-corrected chi connectivity index (χ2v) is 9.55. The molecule has 2 amide bonds. The number of benzene rings is 2. The van der Waals surface area contributed by atoms with E-state index in [1.165, 1.54) is 16.3 Å². The summed E-state index contributed by atoms with van der Waals surface area (Å²) in [6.07, 6.45) is 4.82. The Hall–Kier alpha value is -2.40. The number of ether oxygens (including phenoxy) is 1. The van der Waals surface area contributed by atoms with Gasteiger partial charge in [-0.05, 0) is 62.3 Å². The molecule has 5 nitrogen and oxygen atoms in total. The first-order valence-electron chi connectivity index (χ1n) is 11.0. The number of carbonyl (C=O) groups excluding carboxylic acids is 2. The van der Waals surface area contributed by atoms with Crippen LogP contribution in [0.5, 0.6) is 0 Å². The van der Waals surface area contributed by atoms with Gasteiger partial charge in [0.25, 0.3) is 0 Å². The van der Waals surface area contributed by atoms with E-state index >= 15 is 0 Å². The molecule has 2 aliphatic heterocycles. The fourth-order valence-electron chi connectivity index (χ4n) is 4.93. The first-order chi connectivity index (χ1) is 14.3. The topological polar surface area (TPSA) is 67.4 Å². The number of carbonyl (C=O) groups is 2. The van der Waals surface area contributed by atoms with E-state index in [2.05, 4.69) is 54.8 Å². The van der Waals surface area contributed by atoms with Crippen LogP contribution in [0, 0.1) is 0 Å². The van der Waals surface area contributed by atoms with Gasteiger partial charge in [-0.15, -0.1) is 0 Å². The van der Waals surface area contributed by atoms with E-state index in [1.54, 1.807) is 0 Å². The SMILES string of the molecule is CC1(C)CC(NC(=O)CCC2(Cc3ccc4ccccc4c3)CCC(=O)N2)CCO1. The van der Waals surface area contributed by atoms with Crippen LogP contribution in [-0.4, -0.2) is 35.6 Å². The second-order valence-electron chi connectivity index (χ2n) is 9.55. The van der Waals surface area contributed by atoms with Crippen molar-refractivity contribution in [3.8, 4) is 0 Å². The Morgan fingerprint density at radius 3 is 2.73 bits per heavy atom. The lowest BCUT2D eigenvalue weighted by atomic mass is 9.84. The van der Waals surface area contributed by atoms with Crippen molar-refractivity contribution >= 4 is 22.6 Å². The highest BCUT2D eigenvalue weighted by atomic mass is 16.5. The molecule has 160 valence electrons. The first kappa shape index (κ1) is 20.9. The lowest BCUT2D eigenvalue weighted by molar-refractivity contribution is -0.125. The molecule has 2 heterocycles. The van der Waals surface area contributed by atoms with Gasteiger partial charge >= 0.3 is 0 Å². The van der Waals surface area contributed by atoms with Crippen molar-refractivity contribution in [2.45, 2.75) is 76.0 Å². The molecule has 2 aromatic rings. The Morgan fingerprint density at radius 2 is 2.00 bits per heavy atom. The van der Waals surface area contributed by atoms with Crippen LogP contribution in [-0.2, 0) is 20.7 Å². The van der Waals surface area contributed by atoms with Crippen LogP contribution >= 0.6 is 0 Å². The summed E-state index contributed by atoms with van der Waals surface area (Å²) in [5.74, 6) is 0.152. The molecule has 0 bridgehead atoms. The Bertz CT molecular complexity index is 939. The highest BCUT2D eigenvalue weighted by Crippen LogP contribution is 2.31. The van der Waals surface area contributed by atoms with Gasteiger partial charge in [-0.3, -0.25) is 9.59 Å². The quantitative estimate of drug-likeness (QED) is 0.762. The first-order valence-corrected chi connectivity index (χ1v) is 11.0. The molecule has 2 saturated heterocycles. The van der Waals surface area contributed by atoms with Crippen LogP contribution in [0.15, 0.2) is 42.5 Å². The van der Waals surface area contributed by atoms with Crippen LogP contribution in [0.1, 0.15) is 57.9 Å². The third kappa shape index (κ3) is 5.01. The zero-order valence-corrected chi connectivity index (χ0v) is 18.0. The monoisotopic (exact) mass is 408 g/mol. The molecule has 2 fully saturated rings. The molecule has 2 N–H and O–H groups in total. The average Bonchev–Trinajstić information content (AvgIpc) is 3.06. The highest BCUT2D eigenvalue weighted by molar-refractivity contribution is 5.83. The summed E-state index contributed by atoms with van der Waals surface area (Å²) in [5, 5.41) is 8.80. The Labute approximate surface area is 178 Å². The molecular weight excluding hydrogens is 376 g/mol. The highest BCUT2D eigenvalue weighted by Gasteiger charge is 2.38. The molecule has 0 aromatic heterocycles. The average molecular weight is 409 g/mol. The molecule has 2 aromatic carbocycles. The molecular formula is C25H32N2O3. The van der Waals surface area contributed by atoms with Crippen LogP contribution in [0.3, 0.4) is 0 Å². The minimum Gasteiger partial charge on any atom is -0.375 e. The normalized spacial score (nSPS) is 25.8. The molecule has 2 atom stereocenters. The zero-order chi connectivity index (χ0) is 21.2. The van der Waals surface area contributed by atoms with E-state index in [-0.39, 0.29) is 29.0 Å². The molecule has 30 heavy (non-hydrogen) atoms. The largest absolute Gasteiger partial charge is 0.375 e. The van der Waals surface area contributed by atoms with Gasteiger partial charge in [0.1, 0.15) is 0 Å². The van der Waals surface area contributed by atoms with Crippen molar-refractivity contribution in [2.75, 3.05) is 6.61 Å². The maximum atomic E-state index is 12.7. The predicted molar refractivity (Wildman–Crippen MR) is 118 cm³/mol. The summed E-state index contributed by atoms with van der Waals surface area (Å²) in [4.78, 5) is 24.7. The van der Waals surface area contributed by atoms with Gasteiger partial charge in [-0.25, -0.2) is 0 Å². The molecule has 2 aliphatic rings. The fraction of sp³-hybridized carbons (Fsp3) is 0.520. The van der Waals surface area contributed by atoms with Crippen molar-refractivity contribution in [2.24, 2.45) is 0 Å². The van der Waals surface area contributed by atoms with Gasteiger partial charge in [0, 0.05) is 31.0 Å². The lowest BCUT2D eigenvalue weighted by Gasteiger charge is -2.36. The van der Waals surface area contributed by atoms with E-state index in [9.17, 15) is 9.59 Å². The van der Waals surface area contributed by atoms with Gasteiger partial charge in [-0.2, -0.15) is 0 Å². The van der Waals surface area contributed by atoms with Crippen molar-refractivity contribution in [1.29, 1.82) is 0 Å². The zero-order valence-electron chi connectivity index (χ0n) is 18.0. The van der Waals surface area contributed by atoms with Gasteiger partial charge < -0.3 is 15.4 Å². The molecule has 5 heteroatoms. The Morgan fingerprint density at radius 1 is 1.20 bits per heavy atom. The summed E-state index contributed by atoms with van der Waals surface area (Å²) in [7, 11) is 0. The van der Waals surface area contributed by atoms with Crippen molar-refractivity contribution in [3.63, 3.8) is 0 Å². The predicted octanol–water partition coefficient (Wildman–Crippen LogP) is 3.89. The number of rotatable bonds is 6. The van der Waals surface area contributed by atoms with Crippen molar-refractivity contribution in [1.82, 2.24) is 10.6 Å². The van der Waals surface area contributed by atoms with Crippen molar-refractivity contribution < 1.29 is 14.3 Å². The van der Waals surface area contributed by atoms with Crippen LogP contribution in [0.2, 0.25) is 0 Å². The maximum absolute atomic E-state index is 12.7. The van der Waals surface area contributed by atoms with E-state index < -0.39 is 0 Å². The maximum Gasteiger partial charge on any atom is 0.220 e. The minimum atomic E-state index is -0.341. The standard InChI is InChI=1S/C25H32N2O3/c1-24(2)17-21(11-14-30-24)26-22(28)9-12-25(13-10-23(29)27-25)16-18-7-8-19-5-3-4-6-20(19)15-18/h3-8,15,21H,9-14,16-17H2,1-2H3,(H,26,28)(H,27,29). The smallest absolute Gasteiger partial charge is 0.220 e. The third-order valence-electron chi connectivity index (χ3n) is 6.48. The van der Waals surface area contributed by atoms with Crippen LogP contribution < -0.4 is 10.6 Å². The third-order valence-corrected chi connectivity index (χ3v) is 6.48. The molecule has 0 aliphatic carbocycles. The number of hydrogen-bond donors (Lipinski definition) is 2. The molecule has 2 unspecified atom stereocenters. The second kappa shape index (κ2) is 8.38. The van der Waals surface area contributed by atoms with E-state index in [0.717, 1.165) is 25.7 Å². The molecule has 0 radical (unpaired) electrons. The molecule has 0 saturated carbocycles. The number of hydrogen-bond acceptors (Lipinski definition) is 3. The molecule has 0 spiro atoms. The number of nitrogens with one attached hydrogen (secondary N) is 2. The summed E-state index contributed by atoms with van der Waals surface area (Å²) < 4.78 is 5.74. The van der Waals surface area contributed by atoms with Gasteiger partial charge in [-0.1, -0.05) is 42.5 Å². The number of amides is 2. The fourth-order valence-corrected chi connectivity index (χ4v) is 4.93. The van der Waals surface area contributed by atoms with E-state index in [0.29, 0.717) is 25.9 Å². The Balaban J connectivity index is 1.40. The minimum absolute atomic E-state index is 0.0664. The molecule has 4 rings (SSSR count). The van der Waals surface area contributed by atoms with Crippen LogP contribution in [0.25, 0.3) is 10.8 Å². The summed E-state index contributed by atoms with van der Waals surface area (Å²) in [5.41, 5.74) is 0.668. The van der Waals surface area contributed by atoms with Crippen LogP contribution in [0.4, 0.5) is 0 Å². The Kier molecular flexibility index (Phi) is 5.83. The lowest BCUT2D eigenvalue weighted by Crippen LogP contribution is -2.47. The van der Waals surface area contributed by atoms with Gasteiger partial charge in [0.2, 0.25) is 11.8 Å².